The fraction of sp³-hybridized carbons (Fsp3) is 0.250. The van der Waals surface area contributed by atoms with Gasteiger partial charge in [-0.3, -0.25) is 10.2 Å². The van der Waals surface area contributed by atoms with Crippen molar-refractivity contribution in [3.63, 3.8) is 0 Å². The molecule has 0 saturated heterocycles. The van der Waals surface area contributed by atoms with E-state index in [1.165, 1.54) is 6.92 Å². The van der Waals surface area contributed by atoms with Crippen molar-refractivity contribution in [2.24, 2.45) is 10.3 Å². The van der Waals surface area contributed by atoms with Crippen LogP contribution in [0.15, 0.2) is 34.5 Å². The highest BCUT2D eigenvalue weighted by molar-refractivity contribution is 6.66. The molecule has 0 radical (unpaired) electrons. The first-order valence-electron chi connectivity index (χ1n) is 5.15. The van der Waals surface area contributed by atoms with Crippen LogP contribution < -0.4 is 5.43 Å². The summed E-state index contributed by atoms with van der Waals surface area (Å²) in [6.07, 6.45) is 0. The lowest BCUT2D eigenvalue weighted by Gasteiger charge is -2.03. The second kappa shape index (κ2) is 5.79. The van der Waals surface area contributed by atoms with Gasteiger partial charge in [0.15, 0.2) is 11.5 Å². The standard InChI is InChI=1S/C12H15N3O2/c1-8-4-6-11(7-5-8)14-13-9(2)12(15-17)10(3)16/h4-7,14,17H,1-3H3/b13-9+,15-12-. The Balaban J connectivity index is 2.77. The van der Waals surface area contributed by atoms with Crippen molar-refractivity contribution in [3.05, 3.63) is 29.8 Å². The van der Waals surface area contributed by atoms with Gasteiger partial charge >= 0.3 is 0 Å². The molecule has 0 fully saturated rings. The molecule has 0 heterocycles. The Morgan fingerprint density at radius 1 is 1.24 bits per heavy atom. The number of rotatable bonds is 4. The molecule has 0 spiro atoms. The molecule has 0 atom stereocenters. The minimum atomic E-state index is -0.334. The summed E-state index contributed by atoms with van der Waals surface area (Å²) in [6, 6.07) is 7.63. The normalized spacial score (nSPS) is 12.4. The van der Waals surface area contributed by atoms with E-state index < -0.39 is 0 Å². The number of hydrazone groups is 1. The molecule has 0 aliphatic carbocycles. The second-order valence-electron chi connectivity index (χ2n) is 3.68. The van der Waals surface area contributed by atoms with Crippen molar-refractivity contribution in [2.75, 3.05) is 5.43 Å². The van der Waals surface area contributed by atoms with E-state index in [0.717, 1.165) is 11.3 Å². The quantitative estimate of drug-likeness (QED) is 0.475. The van der Waals surface area contributed by atoms with Crippen molar-refractivity contribution in [2.45, 2.75) is 20.8 Å². The molecule has 0 bridgehead atoms. The molecule has 17 heavy (non-hydrogen) atoms. The number of nitrogens with zero attached hydrogens (tertiary/aromatic N) is 2. The maximum absolute atomic E-state index is 11.1. The van der Waals surface area contributed by atoms with Gasteiger partial charge in [0.2, 0.25) is 0 Å². The summed E-state index contributed by atoms with van der Waals surface area (Å²) in [5, 5.41) is 15.5. The third-order valence-corrected chi connectivity index (χ3v) is 2.18. The Kier molecular flexibility index (Phi) is 4.39. The van der Waals surface area contributed by atoms with Crippen molar-refractivity contribution in [1.82, 2.24) is 0 Å². The third-order valence-electron chi connectivity index (χ3n) is 2.18. The van der Waals surface area contributed by atoms with E-state index in [4.69, 9.17) is 5.21 Å². The van der Waals surface area contributed by atoms with E-state index in [1.807, 2.05) is 31.2 Å². The molecule has 0 aromatic heterocycles. The Morgan fingerprint density at radius 3 is 2.29 bits per heavy atom. The van der Waals surface area contributed by atoms with Gasteiger partial charge in [-0.25, -0.2) is 0 Å². The van der Waals surface area contributed by atoms with E-state index in [2.05, 4.69) is 15.7 Å². The van der Waals surface area contributed by atoms with Crippen LogP contribution >= 0.6 is 0 Å². The Bertz CT molecular complexity index is 461. The lowest BCUT2D eigenvalue weighted by atomic mass is 10.2. The molecule has 2 N–H and O–H groups in total. The molecule has 0 unspecified atom stereocenters. The monoisotopic (exact) mass is 233 g/mol. The first-order valence-corrected chi connectivity index (χ1v) is 5.15. The summed E-state index contributed by atoms with van der Waals surface area (Å²) in [4.78, 5) is 11.1. The van der Waals surface area contributed by atoms with Gasteiger partial charge in [-0.15, -0.1) is 0 Å². The minimum Gasteiger partial charge on any atom is -0.410 e. The molecule has 1 aromatic carbocycles. The number of carbonyl (C=O) groups is 1. The first kappa shape index (κ1) is 12.9. The fourth-order valence-corrected chi connectivity index (χ4v) is 1.23. The van der Waals surface area contributed by atoms with Crippen LogP contribution in [0.3, 0.4) is 0 Å². The SMILES string of the molecule is CC(=O)C(=N\O)/C(C)=N/Nc1ccc(C)cc1. The zero-order valence-corrected chi connectivity index (χ0v) is 10.1. The van der Waals surface area contributed by atoms with E-state index in [1.54, 1.807) is 6.92 Å². The highest BCUT2D eigenvalue weighted by atomic mass is 16.4. The number of benzene rings is 1. The first-order chi connectivity index (χ1) is 8.04. The number of ketones is 1. The lowest BCUT2D eigenvalue weighted by Crippen LogP contribution is -2.20. The van der Waals surface area contributed by atoms with E-state index in [0.29, 0.717) is 5.71 Å². The van der Waals surface area contributed by atoms with Crippen molar-refractivity contribution < 1.29 is 10.0 Å². The summed E-state index contributed by atoms with van der Waals surface area (Å²) in [5.41, 5.74) is 5.02. The topological polar surface area (TPSA) is 74.0 Å². The molecular formula is C12H15N3O2. The summed E-state index contributed by atoms with van der Waals surface area (Å²) < 4.78 is 0. The van der Waals surface area contributed by atoms with E-state index >= 15 is 0 Å². The molecule has 0 aliphatic heterocycles. The van der Waals surface area contributed by atoms with Gasteiger partial charge in [-0.2, -0.15) is 5.10 Å². The van der Waals surface area contributed by atoms with Crippen LogP contribution in [0.4, 0.5) is 5.69 Å². The van der Waals surface area contributed by atoms with Crippen LogP contribution in [-0.4, -0.2) is 22.4 Å². The van der Waals surface area contributed by atoms with Crippen LogP contribution in [0, 0.1) is 6.92 Å². The maximum Gasteiger partial charge on any atom is 0.183 e. The lowest BCUT2D eigenvalue weighted by molar-refractivity contribution is -0.111. The largest absolute Gasteiger partial charge is 0.410 e. The Morgan fingerprint density at radius 2 is 1.82 bits per heavy atom. The van der Waals surface area contributed by atoms with Gasteiger partial charge in [-0.05, 0) is 26.0 Å². The number of oxime groups is 1. The maximum atomic E-state index is 11.1. The molecule has 90 valence electrons. The molecule has 0 amide bonds. The minimum absolute atomic E-state index is 0.0513. The number of hydrogen-bond acceptors (Lipinski definition) is 5. The summed E-state index contributed by atoms with van der Waals surface area (Å²) in [5.74, 6) is -0.334. The number of Topliss-reactive ketones (excluding diaryl/α,β-unsaturated/α-hetero) is 1. The van der Waals surface area contributed by atoms with Crippen molar-refractivity contribution >= 4 is 22.9 Å². The van der Waals surface area contributed by atoms with Crippen LogP contribution in [0.25, 0.3) is 0 Å². The average molecular weight is 233 g/mol. The number of aryl methyl sites for hydroxylation is 1. The molecule has 5 nitrogen and oxygen atoms in total. The smallest absolute Gasteiger partial charge is 0.183 e. The Labute approximate surface area is 99.8 Å². The summed E-state index contributed by atoms with van der Waals surface area (Å²) >= 11 is 0. The predicted octanol–water partition coefficient (Wildman–Crippen LogP) is 2.20. The number of carbonyl (C=O) groups excluding carboxylic acids is 1. The molecule has 0 saturated carbocycles. The summed E-state index contributed by atoms with van der Waals surface area (Å²) in [6.45, 7) is 4.90. The van der Waals surface area contributed by atoms with E-state index in [-0.39, 0.29) is 11.5 Å². The zero-order chi connectivity index (χ0) is 12.8. The highest BCUT2D eigenvalue weighted by Gasteiger charge is 2.10. The molecule has 1 rings (SSSR count). The van der Waals surface area contributed by atoms with Crippen molar-refractivity contribution in [1.29, 1.82) is 0 Å². The van der Waals surface area contributed by atoms with Crippen LogP contribution in [0.2, 0.25) is 0 Å². The van der Waals surface area contributed by atoms with Gasteiger partial charge in [0.25, 0.3) is 0 Å². The number of anilines is 1. The number of nitrogens with one attached hydrogen (secondary N) is 1. The third kappa shape index (κ3) is 3.71. The molecule has 5 heteroatoms. The molecule has 1 aromatic rings. The van der Waals surface area contributed by atoms with Crippen LogP contribution in [0.5, 0.6) is 0 Å². The zero-order valence-electron chi connectivity index (χ0n) is 10.1. The van der Waals surface area contributed by atoms with Gasteiger partial charge in [0.1, 0.15) is 0 Å². The summed E-state index contributed by atoms with van der Waals surface area (Å²) in [7, 11) is 0. The Hall–Kier alpha value is -2.17. The van der Waals surface area contributed by atoms with Crippen LogP contribution in [0.1, 0.15) is 19.4 Å². The van der Waals surface area contributed by atoms with E-state index in [9.17, 15) is 4.79 Å². The highest BCUT2D eigenvalue weighted by Crippen LogP contribution is 2.08. The van der Waals surface area contributed by atoms with Gasteiger partial charge in [0, 0.05) is 6.92 Å². The fourth-order valence-electron chi connectivity index (χ4n) is 1.23. The molecule has 0 aliphatic rings. The molecular weight excluding hydrogens is 218 g/mol. The van der Waals surface area contributed by atoms with Gasteiger partial charge in [-0.1, -0.05) is 22.9 Å². The average Bonchev–Trinajstić information content (AvgIpc) is 2.28. The number of hydrogen-bond donors (Lipinski definition) is 2. The predicted molar refractivity (Wildman–Crippen MR) is 67.8 cm³/mol. The van der Waals surface area contributed by atoms with Gasteiger partial charge < -0.3 is 5.21 Å². The second-order valence-corrected chi connectivity index (χ2v) is 3.68. The van der Waals surface area contributed by atoms with Crippen LogP contribution in [-0.2, 0) is 4.79 Å². The van der Waals surface area contributed by atoms with Gasteiger partial charge in [0.05, 0.1) is 11.4 Å². The van der Waals surface area contributed by atoms with Crippen molar-refractivity contribution in [3.8, 4) is 0 Å².